The van der Waals surface area contributed by atoms with Crippen LogP contribution in [0.4, 0.5) is 5.69 Å². The molecule has 0 saturated heterocycles. The van der Waals surface area contributed by atoms with Crippen molar-refractivity contribution in [2.75, 3.05) is 12.0 Å². The number of halogens is 2. The Balaban J connectivity index is 2.17. The van der Waals surface area contributed by atoms with E-state index < -0.39 is 5.97 Å². The molecule has 2 aromatic carbocycles. The smallest absolute Gasteiger partial charge is 0.340 e. The van der Waals surface area contributed by atoms with Gasteiger partial charge < -0.3 is 4.74 Å². The van der Waals surface area contributed by atoms with E-state index in [1.54, 1.807) is 61.5 Å². The zero-order valence-electron chi connectivity index (χ0n) is 14.1. The molecular weight excluding hydrogens is 373 g/mol. The van der Waals surface area contributed by atoms with Crippen LogP contribution in [-0.2, 0) is 14.3 Å². The lowest BCUT2D eigenvalue weighted by molar-refractivity contribution is -0.136. The number of hydrogen-bond acceptors (Lipinski definition) is 3. The average Bonchev–Trinajstić information content (AvgIpc) is 2.86. The molecule has 3 rings (SSSR count). The van der Waals surface area contributed by atoms with Crippen LogP contribution in [0.2, 0.25) is 10.0 Å². The molecule has 0 radical (unpaired) electrons. The lowest BCUT2D eigenvalue weighted by Gasteiger charge is -2.18. The van der Waals surface area contributed by atoms with Gasteiger partial charge in [-0.2, -0.15) is 0 Å². The SMILES string of the molecule is COC(=O)C1=C(C)N(c2cccc(Cl)c2)C(=O)/C1=C\c1ccccc1Cl. The standard InChI is InChI=1S/C20H15Cl2NO3/c1-12-18(20(25)26-2)16(10-13-6-3-4-9-17(13)22)19(24)23(12)15-8-5-7-14(21)11-15/h3-11H,1-2H3/b16-10-. The van der Waals surface area contributed by atoms with Gasteiger partial charge in [-0.1, -0.05) is 47.5 Å². The third-order valence-corrected chi connectivity index (χ3v) is 4.64. The van der Waals surface area contributed by atoms with E-state index in [2.05, 4.69) is 0 Å². The second-order valence-electron chi connectivity index (χ2n) is 5.65. The zero-order valence-corrected chi connectivity index (χ0v) is 15.6. The van der Waals surface area contributed by atoms with Crippen molar-refractivity contribution in [1.29, 1.82) is 0 Å². The van der Waals surface area contributed by atoms with Crippen molar-refractivity contribution in [3.05, 3.63) is 81.0 Å². The number of allylic oxidation sites excluding steroid dienone is 1. The first kappa shape index (κ1) is 18.2. The molecule has 0 bridgehead atoms. The molecule has 2 aromatic rings. The number of carbonyl (C=O) groups excluding carboxylic acids is 2. The Kier molecular flexibility index (Phi) is 5.16. The fourth-order valence-electron chi connectivity index (χ4n) is 2.85. The number of nitrogens with zero attached hydrogens (tertiary/aromatic N) is 1. The van der Waals surface area contributed by atoms with Gasteiger partial charge in [0.15, 0.2) is 0 Å². The van der Waals surface area contributed by atoms with Crippen LogP contribution in [0, 0.1) is 0 Å². The Morgan fingerprint density at radius 3 is 2.50 bits per heavy atom. The molecule has 0 aromatic heterocycles. The highest BCUT2D eigenvalue weighted by Gasteiger charge is 2.38. The van der Waals surface area contributed by atoms with Gasteiger partial charge in [-0.25, -0.2) is 4.79 Å². The van der Waals surface area contributed by atoms with Gasteiger partial charge in [0.05, 0.1) is 23.9 Å². The predicted octanol–water partition coefficient (Wildman–Crippen LogP) is 4.87. The van der Waals surface area contributed by atoms with Gasteiger partial charge in [0, 0.05) is 15.7 Å². The largest absolute Gasteiger partial charge is 0.465 e. The Hall–Kier alpha value is -2.56. The summed E-state index contributed by atoms with van der Waals surface area (Å²) in [5, 5.41) is 0.974. The molecule has 0 unspecified atom stereocenters. The zero-order chi connectivity index (χ0) is 18.8. The third kappa shape index (κ3) is 3.26. The van der Waals surface area contributed by atoms with Crippen molar-refractivity contribution in [2.45, 2.75) is 6.92 Å². The van der Waals surface area contributed by atoms with Crippen LogP contribution in [0.5, 0.6) is 0 Å². The minimum atomic E-state index is -0.585. The lowest BCUT2D eigenvalue weighted by Crippen LogP contribution is -2.24. The minimum Gasteiger partial charge on any atom is -0.465 e. The monoisotopic (exact) mass is 387 g/mol. The van der Waals surface area contributed by atoms with Gasteiger partial charge in [0.2, 0.25) is 0 Å². The summed E-state index contributed by atoms with van der Waals surface area (Å²) in [7, 11) is 1.28. The van der Waals surface area contributed by atoms with Crippen molar-refractivity contribution in [3.8, 4) is 0 Å². The molecule has 0 N–H and O–H groups in total. The molecule has 26 heavy (non-hydrogen) atoms. The van der Waals surface area contributed by atoms with Gasteiger partial charge >= 0.3 is 5.97 Å². The number of anilines is 1. The van der Waals surface area contributed by atoms with Crippen molar-refractivity contribution in [2.24, 2.45) is 0 Å². The van der Waals surface area contributed by atoms with E-state index >= 15 is 0 Å². The van der Waals surface area contributed by atoms with Gasteiger partial charge in [-0.15, -0.1) is 0 Å². The molecule has 6 heteroatoms. The quantitative estimate of drug-likeness (QED) is 0.557. The van der Waals surface area contributed by atoms with Crippen LogP contribution < -0.4 is 4.90 Å². The lowest BCUT2D eigenvalue weighted by atomic mass is 10.0. The molecule has 0 saturated carbocycles. The molecule has 1 aliphatic heterocycles. The van der Waals surface area contributed by atoms with E-state index in [1.165, 1.54) is 12.0 Å². The number of carbonyl (C=O) groups is 2. The Bertz CT molecular complexity index is 963. The van der Waals surface area contributed by atoms with Crippen molar-refractivity contribution in [3.63, 3.8) is 0 Å². The summed E-state index contributed by atoms with van der Waals surface area (Å²) < 4.78 is 4.88. The van der Waals surface area contributed by atoms with Crippen LogP contribution in [0.15, 0.2) is 65.4 Å². The summed E-state index contributed by atoms with van der Waals surface area (Å²) in [5.74, 6) is -0.927. The molecule has 1 amide bonds. The molecule has 0 fully saturated rings. The Morgan fingerprint density at radius 1 is 1.12 bits per heavy atom. The number of hydrogen-bond donors (Lipinski definition) is 0. The minimum absolute atomic E-state index is 0.206. The van der Waals surface area contributed by atoms with Crippen molar-refractivity contribution in [1.82, 2.24) is 0 Å². The number of amides is 1. The fraction of sp³-hybridized carbons (Fsp3) is 0.100. The van der Waals surface area contributed by atoms with Gasteiger partial charge in [-0.05, 0) is 42.8 Å². The van der Waals surface area contributed by atoms with Crippen LogP contribution in [0.25, 0.3) is 6.08 Å². The molecule has 4 nitrogen and oxygen atoms in total. The van der Waals surface area contributed by atoms with Gasteiger partial charge in [0.1, 0.15) is 0 Å². The highest BCUT2D eigenvalue weighted by atomic mass is 35.5. The van der Waals surface area contributed by atoms with E-state index in [0.717, 1.165) is 0 Å². The first-order chi connectivity index (χ1) is 12.4. The molecule has 0 aliphatic carbocycles. The predicted molar refractivity (Wildman–Crippen MR) is 103 cm³/mol. The molecule has 1 aliphatic rings. The molecule has 0 atom stereocenters. The van der Waals surface area contributed by atoms with Gasteiger partial charge in [0.25, 0.3) is 5.91 Å². The molecule has 0 spiro atoms. The van der Waals surface area contributed by atoms with Crippen LogP contribution >= 0.6 is 23.2 Å². The number of benzene rings is 2. The molecule has 132 valence electrons. The Labute approximate surface area is 161 Å². The summed E-state index contributed by atoms with van der Waals surface area (Å²) in [4.78, 5) is 26.9. The maximum absolute atomic E-state index is 13.1. The van der Waals surface area contributed by atoms with Crippen LogP contribution in [-0.4, -0.2) is 19.0 Å². The number of methoxy groups -OCH3 is 1. The molecular formula is C20H15Cl2NO3. The second kappa shape index (κ2) is 7.36. The summed E-state index contributed by atoms with van der Waals surface area (Å²) in [6.07, 6.45) is 1.60. The van der Waals surface area contributed by atoms with E-state index in [-0.39, 0.29) is 17.1 Å². The first-order valence-electron chi connectivity index (χ1n) is 7.80. The van der Waals surface area contributed by atoms with E-state index in [1.807, 2.05) is 0 Å². The highest BCUT2D eigenvalue weighted by Crippen LogP contribution is 2.36. The summed E-state index contributed by atoms with van der Waals surface area (Å²) >= 11 is 12.3. The van der Waals surface area contributed by atoms with E-state index in [0.29, 0.717) is 27.0 Å². The molecule has 1 heterocycles. The van der Waals surface area contributed by atoms with E-state index in [4.69, 9.17) is 27.9 Å². The van der Waals surface area contributed by atoms with Crippen LogP contribution in [0.3, 0.4) is 0 Å². The van der Waals surface area contributed by atoms with E-state index in [9.17, 15) is 9.59 Å². The summed E-state index contributed by atoms with van der Waals surface area (Å²) in [6, 6.07) is 14.0. The summed E-state index contributed by atoms with van der Waals surface area (Å²) in [6.45, 7) is 1.69. The maximum Gasteiger partial charge on any atom is 0.340 e. The fourth-order valence-corrected chi connectivity index (χ4v) is 3.23. The number of rotatable bonds is 3. The van der Waals surface area contributed by atoms with Crippen molar-refractivity contribution >= 4 is 46.8 Å². The van der Waals surface area contributed by atoms with Crippen LogP contribution in [0.1, 0.15) is 12.5 Å². The number of esters is 1. The second-order valence-corrected chi connectivity index (χ2v) is 6.50. The maximum atomic E-state index is 13.1. The first-order valence-corrected chi connectivity index (χ1v) is 8.55. The normalized spacial score (nSPS) is 15.8. The third-order valence-electron chi connectivity index (χ3n) is 4.06. The number of ether oxygens (including phenoxy) is 1. The van der Waals surface area contributed by atoms with Crippen molar-refractivity contribution < 1.29 is 14.3 Å². The highest BCUT2D eigenvalue weighted by molar-refractivity contribution is 6.33. The topological polar surface area (TPSA) is 46.6 Å². The Morgan fingerprint density at radius 2 is 1.85 bits per heavy atom. The van der Waals surface area contributed by atoms with Gasteiger partial charge in [-0.3, -0.25) is 9.69 Å². The average molecular weight is 388 g/mol. The summed E-state index contributed by atoms with van der Waals surface area (Å²) in [5.41, 5.74) is 2.12.